The largest absolute Gasteiger partial charge is 0.482 e. The van der Waals surface area contributed by atoms with E-state index in [0.29, 0.717) is 36.1 Å². The van der Waals surface area contributed by atoms with Gasteiger partial charge in [0.25, 0.3) is 5.91 Å². The number of benzene rings is 2. The number of hydrogen-bond donors (Lipinski definition) is 3. The average molecular weight is 535 g/mol. The smallest absolute Gasteiger partial charge is 0.251 e. The molecule has 4 N–H and O–H groups in total. The molecule has 2 aliphatic heterocycles. The molecule has 2 heterocycles. The van der Waals surface area contributed by atoms with Crippen LogP contribution < -0.4 is 15.8 Å². The quantitative estimate of drug-likeness (QED) is 0.500. The Labute approximate surface area is 229 Å². The fraction of sp³-hybridized carbons (Fsp3) is 0.500. The van der Waals surface area contributed by atoms with Crippen molar-refractivity contribution in [2.75, 3.05) is 13.7 Å². The SMILES string of the molecule is CCC1(CC)CC(=O)N([C@H]2c3cc(C(=O)N[C@H]4c5ccccc5CC[C@@H]4O)ccc3O[C@@]2(C)COC)C(N)=N1. The molecule has 2 aromatic carbocycles. The summed E-state index contributed by atoms with van der Waals surface area (Å²) in [5, 5.41) is 13.8. The number of nitrogens with two attached hydrogens (primary N) is 1. The summed E-state index contributed by atoms with van der Waals surface area (Å²) in [6.45, 7) is 6.10. The molecule has 208 valence electrons. The molecule has 0 fully saturated rings. The van der Waals surface area contributed by atoms with Crippen LogP contribution in [-0.4, -0.2) is 58.7 Å². The lowest BCUT2D eigenvalue weighted by Gasteiger charge is -2.42. The van der Waals surface area contributed by atoms with E-state index in [2.05, 4.69) is 5.32 Å². The molecule has 1 aliphatic carbocycles. The molecular weight excluding hydrogens is 496 g/mol. The molecule has 2 amide bonds. The van der Waals surface area contributed by atoms with Crippen molar-refractivity contribution in [1.29, 1.82) is 0 Å². The summed E-state index contributed by atoms with van der Waals surface area (Å²) in [7, 11) is 1.58. The minimum Gasteiger partial charge on any atom is -0.482 e. The first-order chi connectivity index (χ1) is 18.6. The van der Waals surface area contributed by atoms with Crippen LogP contribution in [0.15, 0.2) is 47.5 Å². The number of carbonyl (C=O) groups is 2. The average Bonchev–Trinajstić information content (AvgIpc) is 3.20. The van der Waals surface area contributed by atoms with E-state index in [-0.39, 0.29) is 30.8 Å². The monoisotopic (exact) mass is 534 g/mol. The highest BCUT2D eigenvalue weighted by atomic mass is 16.5. The Kier molecular flexibility index (Phi) is 7.15. The van der Waals surface area contributed by atoms with E-state index in [4.69, 9.17) is 20.2 Å². The summed E-state index contributed by atoms with van der Waals surface area (Å²) in [5.41, 5.74) is 8.14. The highest BCUT2D eigenvalue weighted by molar-refractivity contribution is 6.00. The van der Waals surface area contributed by atoms with Crippen molar-refractivity contribution in [2.24, 2.45) is 10.7 Å². The van der Waals surface area contributed by atoms with Gasteiger partial charge in [0, 0.05) is 18.2 Å². The van der Waals surface area contributed by atoms with E-state index >= 15 is 0 Å². The number of rotatable bonds is 7. The number of aliphatic hydroxyl groups excluding tert-OH is 1. The lowest BCUT2D eigenvalue weighted by atomic mass is 9.85. The number of amides is 2. The topological polar surface area (TPSA) is 126 Å². The van der Waals surface area contributed by atoms with E-state index in [1.165, 1.54) is 4.90 Å². The molecule has 0 radical (unpaired) electrons. The van der Waals surface area contributed by atoms with Crippen LogP contribution in [-0.2, 0) is 16.0 Å². The Hall–Kier alpha value is -3.43. The van der Waals surface area contributed by atoms with Gasteiger partial charge < -0.3 is 25.6 Å². The van der Waals surface area contributed by atoms with Crippen molar-refractivity contribution in [1.82, 2.24) is 10.2 Å². The molecule has 2 aromatic rings. The Morgan fingerprint density at radius 2 is 1.97 bits per heavy atom. The van der Waals surface area contributed by atoms with Crippen molar-refractivity contribution >= 4 is 17.8 Å². The van der Waals surface area contributed by atoms with Crippen molar-refractivity contribution in [3.05, 3.63) is 64.7 Å². The third-order valence-corrected chi connectivity index (χ3v) is 8.61. The highest BCUT2D eigenvalue weighted by Crippen LogP contribution is 2.48. The molecule has 3 aliphatic rings. The number of nitrogens with zero attached hydrogens (tertiary/aromatic N) is 2. The fourth-order valence-corrected chi connectivity index (χ4v) is 6.35. The van der Waals surface area contributed by atoms with Crippen LogP contribution in [0, 0.1) is 0 Å². The fourth-order valence-electron chi connectivity index (χ4n) is 6.35. The Balaban J connectivity index is 1.50. The molecule has 9 nitrogen and oxygen atoms in total. The van der Waals surface area contributed by atoms with Gasteiger partial charge in [0.2, 0.25) is 5.91 Å². The maximum Gasteiger partial charge on any atom is 0.251 e. The van der Waals surface area contributed by atoms with Gasteiger partial charge in [-0.05, 0) is 61.9 Å². The second-order valence-electron chi connectivity index (χ2n) is 11.1. The molecule has 0 spiro atoms. The zero-order valence-electron chi connectivity index (χ0n) is 23.1. The molecule has 0 aromatic heterocycles. The number of ether oxygens (including phenoxy) is 2. The number of fused-ring (bicyclic) bond motifs is 2. The molecule has 5 rings (SSSR count). The molecule has 0 saturated heterocycles. The zero-order chi connectivity index (χ0) is 27.9. The second-order valence-corrected chi connectivity index (χ2v) is 11.1. The van der Waals surface area contributed by atoms with Crippen molar-refractivity contribution < 1.29 is 24.2 Å². The maximum absolute atomic E-state index is 13.6. The van der Waals surface area contributed by atoms with Gasteiger partial charge in [-0.1, -0.05) is 38.1 Å². The third-order valence-electron chi connectivity index (χ3n) is 8.61. The first-order valence-corrected chi connectivity index (χ1v) is 13.7. The number of carbonyl (C=O) groups excluding carboxylic acids is 2. The molecule has 0 bridgehead atoms. The normalized spacial score (nSPS) is 27.3. The number of hydrogen-bond acceptors (Lipinski definition) is 7. The summed E-state index contributed by atoms with van der Waals surface area (Å²) in [5.74, 6) is 0.255. The number of aliphatic hydroxyl groups is 1. The summed E-state index contributed by atoms with van der Waals surface area (Å²) < 4.78 is 11.9. The predicted octanol–water partition coefficient (Wildman–Crippen LogP) is 3.41. The Morgan fingerprint density at radius 3 is 2.67 bits per heavy atom. The molecule has 0 unspecified atom stereocenters. The number of aryl methyl sites for hydroxylation is 1. The van der Waals surface area contributed by atoms with Crippen LogP contribution in [0.2, 0.25) is 0 Å². The lowest BCUT2D eigenvalue weighted by Crippen LogP contribution is -2.58. The van der Waals surface area contributed by atoms with Crippen LogP contribution in [0.3, 0.4) is 0 Å². The first kappa shape index (κ1) is 27.1. The van der Waals surface area contributed by atoms with Gasteiger partial charge in [0.05, 0.1) is 30.7 Å². The first-order valence-electron chi connectivity index (χ1n) is 13.7. The van der Waals surface area contributed by atoms with Crippen LogP contribution in [0.25, 0.3) is 0 Å². The number of nitrogens with one attached hydrogen (secondary N) is 1. The number of aliphatic imine (C=N–C) groups is 1. The van der Waals surface area contributed by atoms with Gasteiger partial charge in [-0.15, -0.1) is 0 Å². The summed E-state index contributed by atoms with van der Waals surface area (Å²) in [4.78, 5) is 33.4. The van der Waals surface area contributed by atoms with Crippen molar-refractivity contribution in [2.45, 2.75) is 82.2 Å². The van der Waals surface area contributed by atoms with Crippen LogP contribution in [0.4, 0.5) is 0 Å². The van der Waals surface area contributed by atoms with Crippen molar-refractivity contribution in [3.8, 4) is 5.75 Å². The Morgan fingerprint density at radius 1 is 1.23 bits per heavy atom. The lowest BCUT2D eigenvalue weighted by molar-refractivity contribution is -0.135. The third kappa shape index (κ3) is 4.67. The molecule has 9 heteroatoms. The standard InChI is InChI=1S/C30H38N4O5/c1-5-30(6-2)16-24(36)34(28(31)33-30)26-21-15-19(12-14-23(21)39-29(26,3)17-38-4)27(37)32-25-20-10-8-7-9-18(20)11-13-22(25)35/h7-10,12,14-15,22,25-26,35H,5-6,11,13,16-17H2,1-4H3,(H2,31,33)(H,32,37)/t22-,25-,26-,29-/m0/s1. The maximum atomic E-state index is 13.6. The van der Waals surface area contributed by atoms with Gasteiger partial charge in [-0.25, -0.2) is 4.99 Å². The minimum absolute atomic E-state index is 0.133. The molecule has 0 saturated carbocycles. The van der Waals surface area contributed by atoms with Gasteiger partial charge in [-0.3, -0.25) is 14.5 Å². The van der Waals surface area contributed by atoms with E-state index in [1.807, 2.05) is 45.0 Å². The van der Waals surface area contributed by atoms with Gasteiger partial charge >= 0.3 is 0 Å². The molecule has 4 atom stereocenters. The molecular formula is C30H38N4O5. The van der Waals surface area contributed by atoms with Gasteiger partial charge in [0.1, 0.15) is 11.8 Å². The number of methoxy groups -OCH3 is 1. The number of guanidine groups is 1. The minimum atomic E-state index is -0.946. The van der Waals surface area contributed by atoms with E-state index < -0.39 is 29.3 Å². The van der Waals surface area contributed by atoms with Gasteiger partial charge in [-0.2, -0.15) is 0 Å². The second kappa shape index (κ2) is 10.3. The van der Waals surface area contributed by atoms with E-state index in [1.54, 1.807) is 25.3 Å². The van der Waals surface area contributed by atoms with Gasteiger partial charge in [0.15, 0.2) is 11.6 Å². The van der Waals surface area contributed by atoms with Crippen LogP contribution in [0.1, 0.15) is 85.6 Å². The molecule has 39 heavy (non-hydrogen) atoms. The summed E-state index contributed by atoms with van der Waals surface area (Å²) >= 11 is 0. The Bertz CT molecular complexity index is 1310. The predicted molar refractivity (Wildman–Crippen MR) is 147 cm³/mol. The van der Waals surface area contributed by atoms with Crippen molar-refractivity contribution in [3.63, 3.8) is 0 Å². The summed E-state index contributed by atoms with van der Waals surface area (Å²) in [6.07, 6.45) is 2.32. The summed E-state index contributed by atoms with van der Waals surface area (Å²) in [6, 6.07) is 11.9. The van der Waals surface area contributed by atoms with Crippen LogP contribution in [0.5, 0.6) is 5.75 Å². The highest BCUT2D eigenvalue weighted by Gasteiger charge is 2.53. The van der Waals surface area contributed by atoms with Crippen LogP contribution >= 0.6 is 0 Å². The van der Waals surface area contributed by atoms with E-state index in [0.717, 1.165) is 17.5 Å². The van der Waals surface area contributed by atoms with E-state index in [9.17, 15) is 14.7 Å². The zero-order valence-corrected chi connectivity index (χ0v) is 23.1.